The first-order valence-electron chi connectivity index (χ1n) is 8.39. The van der Waals surface area contributed by atoms with Gasteiger partial charge in [0.05, 0.1) is 29.9 Å². The van der Waals surface area contributed by atoms with Crippen LogP contribution in [-0.2, 0) is 17.4 Å². The average Bonchev–Trinajstić information content (AvgIpc) is 3.12. The molecule has 140 valence electrons. The van der Waals surface area contributed by atoms with Crippen LogP contribution in [0.5, 0.6) is 0 Å². The van der Waals surface area contributed by atoms with Crippen LogP contribution in [0, 0.1) is 0 Å². The first-order valence-corrected chi connectivity index (χ1v) is 8.39. The molecule has 0 aliphatic rings. The van der Waals surface area contributed by atoms with Gasteiger partial charge < -0.3 is 10.3 Å². The summed E-state index contributed by atoms with van der Waals surface area (Å²) in [6, 6.07) is 14.0. The van der Waals surface area contributed by atoms with Gasteiger partial charge in [0.15, 0.2) is 0 Å². The van der Waals surface area contributed by atoms with Gasteiger partial charge in [0.1, 0.15) is 5.82 Å². The Hall–Kier alpha value is -3.09. The zero-order valence-corrected chi connectivity index (χ0v) is 14.5. The van der Waals surface area contributed by atoms with Crippen LogP contribution in [0.3, 0.4) is 0 Å². The number of H-pyrrole nitrogens is 1. The van der Waals surface area contributed by atoms with E-state index in [0.717, 1.165) is 23.4 Å². The molecule has 3 aromatic rings. The number of alkyl halides is 3. The highest BCUT2D eigenvalue weighted by Gasteiger charge is 2.30. The summed E-state index contributed by atoms with van der Waals surface area (Å²) in [4.78, 5) is 19.6. The van der Waals surface area contributed by atoms with Crippen LogP contribution in [0.2, 0.25) is 0 Å². The molecular formula is C20H18F3N3O. The molecule has 0 aliphatic heterocycles. The molecule has 1 amide bonds. The number of nitrogens with one attached hydrogen (secondary N) is 2. The van der Waals surface area contributed by atoms with Gasteiger partial charge in [-0.05, 0) is 24.1 Å². The number of carbonyl (C=O) groups excluding carboxylic acids is 1. The van der Waals surface area contributed by atoms with Gasteiger partial charge >= 0.3 is 6.18 Å². The number of hydrogen-bond acceptors (Lipinski definition) is 2. The van der Waals surface area contributed by atoms with Crippen molar-refractivity contribution in [1.82, 2.24) is 15.3 Å². The summed E-state index contributed by atoms with van der Waals surface area (Å²) >= 11 is 0. The Morgan fingerprint density at radius 1 is 1.15 bits per heavy atom. The summed E-state index contributed by atoms with van der Waals surface area (Å²) in [7, 11) is 0. The Balaban J connectivity index is 1.64. The second-order valence-electron chi connectivity index (χ2n) is 6.21. The maximum atomic E-state index is 12.8. The highest BCUT2D eigenvalue weighted by Crippen LogP contribution is 2.29. The van der Waals surface area contributed by atoms with Crippen LogP contribution < -0.4 is 5.32 Å². The fourth-order valence-corrected chi connectivity index (χ4v) is 2.72. The van der Waals surface area contributed by atoms with Crippen LogP contribution in [0.1, 0.15) is 29.9 Å². The van der Waals surface area contributed by atoms with E-state index in [1.54, 1.807) is 13.1 Å². The number of halogens is 3. The molecule has 27 heavy (non-hydrogen) atoms. The van der Waals surface area contributed by atoms with Gasteiger partial charge in [0.25, 0.3) is 0 Å². The highest BCUT2D eigenvalue weighted by molar-refractivity contribution is 5.79. The molecule has 0 bridgehead atoms. The molecule has 1 unspecified atom stereocenters. The molecule has 2 N–H and O–H groups in total. The summed E-state index contributed by atoms with van der Waals surface area (Å²) in [6.45, 7) is 1.76. The van der Waals surface area contributed by atoms with E-state index in [2.05, 4.69) is 15.3 Å². The molecule has 0 saturated carbocycles. The van der Waals surface area contributed by atoms with Gasteiger partial charge in [-0.3, -0.25) is 4.79 Å². The Morgan fingerprint density at radius 3 is 2.59 bits per heavy atom. The lowest BCUT2D eigenvalue weighted by atomic mass is 10.1. The van der Waals surface area contributed by atoms with E-state index in [-0.39, 0.29) is 12.3 Å². The largest absolute Gasteiger partial charge is 0.416 e. The van der Waals surface area contributed by atoms with Crippen molar-refractivity contribution >= 4 is 5.91 Å². The average molecular weight is 373 g/mol. The number of carbonyl (C=O) groups is 1. The predicted octanol–water partition coefficient (Wildman–Crippen LogP) is 4.52. The minimum absolute atomic E-state index is 0.138. The van der Waals surface area contributed by atoms with Crippen molar-refractivity contribution in [2.45, 2.75) is 25.6 Å². The lowest BCUT2D eigenvalue weighted by molar-refractivity contribution is -0.137. The van der Waals surface area contributed by atoms with Gasteiger partial charge in [0.2, 0.25) is 5.91 Å². The quantitative estimate of drug-likeness (QED) is 0.691. The second kappa shape index (κ2) is 7.65. The SMILES string of the molecule is CC(NC(=O)Cc1cccc(C(F)(F)F)c1)c1ncc(-c2ccccc2)[nH]1. The maximum Gasteiger partial charge on any atom is 0.416 e. The highest BCUT2D eigenvalue weighted by atomic mass is 19.4. The first kappa shape index (κ1) is 18.7. The Bertz CT molecular complexity index is 919. The third-order valence-corrected chi connectivity index (χ3v) is 4.09. The van der Waals surface area contributed by atoms with E-state index in [1.807, 2.05) is 30.3 Å². The molecule has 0 aliphatic carbocycles. The molecule has 7 heteroatoms. The van der Waals surface area contributed by atoms with Crippen LogP contribution in [0.15, 0.2) is 60.8 Å². The van der Waals surface area contributed by atoms with Crippen molar-refractivity contribution in [3.8, 4) is 11.3 Å². The lowest BCUT2D eigenvalue weighted by Crippen LogP contribution is -2.28. The van der Waals surface area contributed by atoms with E-state index >= 15 is 0 Å². The summed E-state index contributed by atoms with van der Waals surface area (Å²) in [6.07, 6.45) is -2.89. The van der Waals surface area contributed by atoms with Crippen molar-refractivity contribution in [2.75, 3.05) is 0 Å². The first-order chi connectivity index (χ1) is 12.8. The normalized spacial score (nSPS) is 12.6. The fraction of sp³-hybridized carbons (Fsp3) is 0.200. The third kappa shape index (κ3) is 4.75. The summed E-state index contributed by atoms with van der Waals surface area (Å²) in [5.74, 6) is 0.200. The van der Waals surface area contributed by atoms with E-state index in [9.17, 15) is 18.0 Å². The number of aromatic amines is 1. The summed E-state index contributed by atoms with van der Waals surface area (Å²) in [5, 5.41) is 2.75. The Labute approximate surface area is 154 Å². The fourth-order valence-electron chi connectivity index (χ4n) is 2.72. The number of hydrogen-bond donors (Lipinski definition) is 2. The molecule has 4 nitrogen and oxygen atoms in total. The van der Waals surface area contributed by atoms with Gasteiger partial charge in [-0.25, -0.2) is 4.98 Å². The van der Waals surface area contributed by atoms with Gasteiger partial charge in [0, 0.05) is 0 Å². The molecule has 2 aromatic carbocycles. The number of nitrogens with zero attached hydrogens (tertiary/aromatic N) is 1. The summed E-state index contributed by atoms with van der Waals surface area (Å²) < 4.78 is 38.3. The van der Waals surface area contributed by atoms with E-state index < -0.39 is 17.8 Å². The molecule has 0 radical (unpaired) electrons. The Morgan fingerprint density at radius 2 is 1.89 bits per heavy atom. The minimum Gasteiger partial charge on any atom is -0.346 e. The molecule has 1 aromatic heterocycles. The molecule has 1 atom stereocenters. The molecular weight excluding hydrogens is 355 g/mol. The van der Waals surface area contributed by atoms with Gasteiger partial charge in [-0.2, -0.15) is 13.2 Å². The van der Waals surface area contributed by atoms with E-state index in [4.69, 9.17) is 0 Å². The lowest BCUT2D eigenvalue weighted by Gasteiger charge is -2.12. The van der Waals surface area contributed by atoms with Crippen molar-refractivity contribution < 1.29 is 18.0 Å². The topological polar surface area (TPSA) is 57.8 Å². The number of benzene rings is 2. The standard InChI is InChI=1S/C20H18F3N3O/c1-13(19-24-12-17(26-19)15-7-3-2-4-8-15)25-18(27)11-14-6-5-9-16(10-14)20(21,22)23/h2-10,12-13H,11H2,1H3,(H,24,26)(H,25,27). The molecule has 0 spiro atoms. The van der Waals surface area contributed by atoms with Crippen LogP contribution in [0.25, 0.3) is 11.3 Å². The zero-order valence-electron chi connectivity index (χ0n) is 14.5. The minimum atomic E-state index is -4.43. The number of imidazole rings is 1. The molecule has 0 fully saturated rings. The monoisotopic (exact) mass is 373 g/mol. The van der Waals surface area contributed by atoms with Crippen LogP contribution in [-0.4, -0.2) is 15.9 Å². The van der Waals surface area contributed by atoms with Crippen molar-refractivity contribution in [2.24, 2.45) is 0 Å². The van der Waals surface area contributed by atoms with Crippen molar-refractivity contribution in [3.05, 3.63) is 77.7 Å². The predicted molar refractivity (Wildman–Crippen MR) is 95.7 cm³/mol. The molecule has 3 rings (SSSR count). The smallest absolute Gasteiger partial charge is 0.346 e. The second-order valence-corrected chi connectivity index (χ2v) is 6.21. The summed E-state index contributed by atoms with van der Waals surface area (Å²) in [5.41, 5.74) is 1.33. The number of rotatable bonds is 5. The Kier molecular flexibility index (Phi) is 5.30. The van der Waals surface area contributed by atoms with Crippen LogP contribution in [0.4, 0.5) is 13.2 Å². The number of amides is 1. The van der Waals surface area contributed by atoms with E-state index in [0.29, 0.717) is 11.4 Å². The molecule has 0 saturated heterocycles. The van der Waals surface area contributed by atoms with Crippen molar-refractivity contribution in [3.63, 3.8) is 0 Å². The van der Waals surface area contributed by atoms with Crippen LogP contribution >= 0.6 is 0 Å². The van der Waals surface area contributed by atoms with Gasteiger partial charge in [-0.15, -0.1) is 0 Å². The van der Waals surface area contributed by atoms with Gasteiger partial charge in [-0.1, -0.05) is 48.5 Å². The zero-order chi connectivity index (χ0) is 19.4. The van der Waals surface area contributed by atoms with Crippen molar-refractivity contribution in [1.29, 1.82) is 0 Å². The molecule has 1 heterocycles. The van der Waals surface area contributed by atoms with E-state index in [1.165, 1.54) is 12.1 Å². The number of aromatic nitrogens is 2. The maximum absolute atomic E-state index is 12.8. The third-order valence-electron chi connectivity index (χ3n) is 4.09.